The molecular formula is C12H14Cl3N3O. The van der Waals surface area contributed by atoms with Crippen LogP contribution in [0.15, 0.2) is 24.3 Å². The van der Waals surface area contributed by atoms with E-state index < -0.39 is 9.70 Å². The van der Waals surface area contributed by atoms with Gasteiger partial charge in [-0.1, -0.05) is 46.9 Å². The highest BCUT2D eigenvalue weighted by Gasteiger charge is 2.36. The van der Waals surface area contributed by atoms with E-state index in [1.807, 2.05) is 24.3 Å². The summed E-state index contributed by atoms with van der Waals surface area (Å²) in [5, 5.41) is 0. The number of rotatable bonds is 1. The number of alkyl halides is 3. The first kappa shape index (κ1) is 14.6. The van der Waals surface area contributed by atoms with Gasteiger partial charge < -0.3 is 15.5 Å². The number of amides is 1. The van der Waals surface area contributed by atoms with E-state index >= 15 is 0 Å². The van der Waals surface area contributed by atoms with E-state index in [0.29, 0.717) is 26.2 Å². The van der Waals surface area contributed by atoms with E-state index in [0.717, 1.165) is 11.4 Å². The number of halogens is 3. The molecule has 1 fully saturated rings. The normalized spacial score (nSPS) is 16.6. The highest BCUT2D eigenvalue weighted by atomic mass is 35.6. The zero-order chi connectivity index (χ0) is 14.0. The van der Waals surface area contributed by atoms with Crippen LogP contribution in [0.3, 0.4) is 0 Å². The van der Waals surface area contributed by atoms with Crippen molar-refractivity contribution in [1.82, 2.24) is 4.90 Å². The fourth-order valence-corrected chi connectivity index (χ4v) is 2.46. The van der Waals surface area contributed by atoms with Gasteiger partial charge in [-0.2, -0.15) is 0 Å². The van der Waals surface area contributed by atoms with Crippen LogP contribution in [0, 0.1) is 0 Å². The first-order chi connectivity index (χ1) is 8.89. The van der Waals surface area contributed by atoms with Crippen LogP contribution in [0.25, 0.3) is 0 Å². The minimum atomic E-state index is -1.88. The summed E-state index contributed by atoms with van der Waals surface area (Å²) in [4.78, 5) is 15.5. The van der Waals surface area contributed by atoms with Crippen LogP contribution in [0.2, 0.25) is 0 Å². The molecule has 0 aromatic heterocycles. The van der Waals surface area contributed by atoms with Crippen molar-refractivity contribution in [1.29, 1.82) is 0 Å². The monoisotopic (exact) mass is 321 g/mol. The summed E-state index contributed by atoms with van der Waals surface area (Å²) in [5.74, 6) is -0.474. The van der Waals surface area contributed by atoms with Gasteiger partial charge in [-0.3, -0.25) is 4.79 Å². The van der Waals surface area contributed by atoms with Crippen molar-refractivity contribution in [2.45, 2.75) is 3.79 Å². The second-order valence-electron chi connectivity index (χ2n) is 4.34. The first-order valence-corrected chi connectivity index (χ1v) is 6.98. The molecular weight excluding hydrogens is 309 g/mol. The van der Waals surface area contributed by atoms with Crippen LogP contribution in [0.5, 0.6) is 0 Å². The Morgan fingerprint density at radius 2 is 1.68 bits per heavy atom. The zero-order valence-electron chi connectivity index (χ0n) is 10.2. The SMILES string of the molecule is Nc1ccccc1N1CCN(C(=O)C(Cl)(Cl)Cl)CC1. The Balaban J connectivity index is 2.00. The third-order valence-corrected chi connectivity index (χ3v) is 3.57. The molecule has 7 heteroatoms. The summed E-state index contributed by atoms with van der Waals surface area (Å²) in [7, 11) is 0. The molecule has 1 amide bonds. The van der Waals surface area contributed by atoms with Crippen LogP contribution in [-0.2, 0) is 4.79 Å². The number of piperazine rings is 1. The lowest BCUT2D eigenvalue weighted by Crippen LogP contribution is -2.51. The summed E-state index contributed by atoms with van der Waals surface area (Å²) in [6, 6.07) is 7.64. The number of hydrogen-bond donors (Lipinski definition) is 1. The number of nitrogens with zero attached hydrogens (tertiary/aromatic N) is 2. The lowest BCUT2D eigenvalue weighted by molar-refractivity contribution is -0.130. The van der Waals surface area contributed by atoms with Gasteiger partial charge in [0.2, 0.25) is 0 Å². The summed E-state index contributed by atoms with van der Waals surface area (Å²) in [6.45, 7) is 2.36. The van der Waals surface area contributed by atoms with E-state index in [9.17, 15) is 4.79 Å². The summed E-state index contributed by atoms with van der Waals surface area (Å²) in [6.07, 6.45) is 0. The molecule has 1 heterocycles. The molecule has 1 aliphatic heterocycles. The maximum Gasteiger partial charge on any atom is 0.274 e. The van der Waals surface area contributed by atoms with Gasteiger partial charge >= 0.3 is 0 Å². The van der Waals surface area contributed by atoms with Crippen molar-refractivity contribution in [3.63, 3.8) is 0 Å². The van der Waals surface area contributed by atoms with E-state index in [-0.39, 0.29) is 0 Å². The van der Waals surface area contributed by atoms with Crippen LogP contribution < -0.4 is 10.6 Å². The minimum Gasteiger partial charge on any atom is -0.397 e. The van der Waals surface area contributed by atoms with Gasteiger partial charge in [0.25, 0.3) is 9.70 Å². The number of anilines is 2. The number of hydrogen-bond acceptors (Lipinski definition) is 3. The van der Waals surface area contributed by atoms with Crippen molar-refractivity contribution < 1.29 is 4.79 Å². The van der Waals surface area contributed by atoms with Gasteiger partial charge in [0.05, 0.1) is 11.4 Å². The second-order valence-corrected chi connectivity index (χ2v) is 6.62. The number of carbonyl (C=O) groups is 1. The van der Waals surface area contributed by atoms with Gasteiger partial charge in [-0.05, 0) is 12.1 Å². The number of para-hydroxylation sites is 2. The van der Waals surface area contributed by atoms with Crippen molar-refractivity contribution in [2.75, 3.05) is 36.8 Å². The van der Waals surface area contributed by atoms with Gasteiger partial charge in [-0.25, -0.2) is 0 Å². The molecule has 1 aromatic carbocycles. The molecule has 4 nitrogen and oxygen atoms in total. The first-order valence-electron chi connectivity index (χ1n) is 5.85. The van der Waals surface area contributed by atoms with Crippen LogP contribution in [0.1, 0.15) is 0 Å². The Hall–Kier alpha value is -0.840. The fourth-order valence-electron chi connectivity index (χ4n) is 2.11. The smallest absolute Gasteiger partial charge is 0.274 e. The van der Waals surface area contributed by atoms with Gasteiger partial charge in [0.1, 0.15) is 0 Å². The zero-order valence-corrected chi connectivity index (χ0v) is 12.4. The summed E-state index contributed by atoms with van der Waals surface area (Å²) in [5.41, 5.74) is 7.63. The van der Waals surface area contributed by atoms with Gasteiger partial charge in [-0.15, -0.1) is 0 Å². The second kappa shape index (κ2) is 5.65. The molecule has 0 saturated carbocycles. The Morgan fingerprint density at radius 3 is 2.21 bits per heavy atom. The average molecular weight is 323 g/mol. The Kier molecular flexibility index (Phi) is 4.33. The quantitative estimate of drug-likeness (QED) is 0.637. The molecule has 104 valence electrons. The van der Waals surface area contributed by atoms with E-state index in [4.69, 9.17) is 40.5 Å². The van der Waals surface area contributed by atoms with Crippen LogP contribution in [0.4, 0.5) is 11.4 Å². The highest BCUT2D eigenvalue weighted by molar-refractivity contribution is 6.76. The van der Waals surface area contributed by atoms with E-state index in [2.05, 4.69) is 4.90 Å². The number of nitrogens with two attached hydrogens (primary N) is 1. The van der Waals surface area contributed by atoms with Crippen LogP contribution >= 0.6 is 34.8 Å². The molecule has 0 unspecified atom stereocenters. The Bertz CT molecular complexity index is 468. The molecule has 1 aliphatic rings. The third-order valence-electron chi connectivity index (χ3n) is 3.09. The maximum atomic E-state index is 11.8. The van der Waals surface area contributed by atoms with Gasteiger partial charge in [0.15, 0.2) is 0 Å². The predicted molar refractivity (Wildman–Crippen MR) is 79.9 cm³/mol. The fraction of sp³-hybridized carbons (Fsp3) is 0.417. The molecule has 0 aliphatic carbocycles. The molecule has 2 N–H and O–H groups in total. The van der Waals surface area contributed by atoms with Crippen LogP contribution in [-0.4, -0.2) is 40.8 Å². The lowest BCUT2D eigenvalue weighted by atomic mass is 10.2. The minimum absolute atomic E-state index is 0.474. The largest absolute Gasteiger partial charge is 0.397 e. The standard InChI is InChI=1S/C12H14Cl3N3O/c13-12(14,15)11(19)18-7-5-17(6-8-18)10-4-2-1-3-9(10)16/h1-4H,5-8,16H2. The van der Waals surface area contributed by atoms with Crippen molar-refractivity contribution in [2.24, 2.45) is 0 Å². The summed E-state index contributed by atoms with van der Waals surface area (Å²) < 4.78 is -1.88. The Labute approximate surface area is 127 Å². The molecule has 0 radical (unpaired) electrons. The predicted octanol–water partition coefficient (Wildman–Crippen LogP) is 2.29. The number of carbonyl (C=O) groups excluding carboxylic acids is 1. The molecule has 1 aromatic rings. The molecule has 2 rings (SSSR count). The molecule has 0 atom stereocenters. The Morgan fingerprint density at radius 1 is 1.11 bits per heavy atom. The van der Waals surface area contributed by atoms with Crippen molar-refractivity contribution in [3.05, 3.63) is 24.3 Å². The van der Waals surface area contributed by atoms with Crippen molar-refractivity contribution >= 4 is 52.1 Å². The highest BCUT2D eigenvalue weighted by Crippen LogP contribution is 2.30. The lowest BCUT2D eigenvalue weighted by Gasteiger charge is -2.37. The van der Waals surface area contributed by atoms with E-state index in [1.54, 1.807) is 4.90 Å². The maximum absolute atomic E-state index is 11.8. The third kappa shape index (κ3) is 3.38. The van der Waals surface area contributed by atoms with Gasteiger partial charge in [0, 0.05) is 26.2 Å². The number of benzene rings is 1. The molecule has 1 saturated heterocycles. The average Bonchev–Trinajstić information content (AvgIpc) is 2.38. The molecule has 0 bridgehead atoms. The number of nitrogen functional groups attached to an aromatic ring is 1. The topological polar surface area (TPSA) is 49.6 Å². The molecule has 19 heavy (non-hydrogen) atoms. The van der Waals surface area contributed by atoms with Crippen molar-refractivity contribution in [3.8, 4) is 0 Å². The van der Waals surface area contributed by atoms with E-state index in [1.165, 1.54) is 0 Å². The summed E-state index contributed by atoms with van der Waals surface area (Å²) >= 11 is 16.8. The molecule has 0 spiro atoms.